The minimum Gasteiger partial charge on any atom is -0.311 e. The first-order valence-corrected chi connectivity index (χ1v) is 44.0. The zero-order chi connectivity index (χ0) is 91.7. The second-order valence-electron chi connectivity index (χ2n) is 40.2. The summed E-state index contributed by atoms with van der Waals surface area (Å²) in [5.74, 6) is 0. The Balaban J connectivity index is 0.889. The highest BCUT2D eigenvalue weighted by molar-refractivity contribution is 7.03. The lowest BCUT2D eigenvalue weighted by Crippen LogP contribution is -2.65. The maximum Gasteiger partial charge on any atom is 0.252 e. The van der Waals surface area contributed by atoms with Gasteiger partial charge < -0.3 is 24.2 Å². The molecule has 0 saturated carbocycles. The van der Waals surface area contributed by atoms with Crippen LogP contribution in [0.4, 0.5) is 68.2 Å². The molecule has 4 aliphatic heterocycles. The van der Waals surface area contributed by atoms with E-state index in [4.69, 9.17) is 0 Å². The van der Waals surface area contributed by atoms with Gasteiger partial charge in [-0.3, -0.25) is 0 Å². The molecule has 5 heterocycles. The van der Waals surface area contributed by atoms with Gasteiger partial charge in [0.05, 0.1) is 38.8 Å². The summed E-state index contributed by atoms with van der Waals surface area (Å²) in [5.41, 5.74) is 36.4. The summed E-state index contributed by atoms with van der Waals surface area (Å²) in [6.07, 6.45) is 0. The van der Waals surface area contributed by atoms with Crippen LogP contribution in [0.2, 0.25) is 0 Å². The van der Waals surface area contributed by atoms with E-state index in [1.165, 1.54) is 55.6 Å². The predicted octanol–water partition coefficient (Wildman–Crippen LogP) is 27.1. The van der Waals surface area contributed by atoms with Gasteiger partial charge in [0.2, 0.25) is 0 Å². The van der Waals surface area contributed by atoms with Gasteiger partial charge in [-0.1, -0.05) is 340 Å². The molecule has 1 spiro atoms. The monoisotopic (exact) mass is 1610 g/mol. The van der Waals surface area contributed by atoms with Crippen LogP contribution in [0.5, 0.6) is 0 Å². The lowest BCUT2D eigenvalue weighted by Gasteiger charge is -2.48. The average molecular weight is 1610 g/mol. The van der Waals surface area contributed by atoms with Gasteiger partial charge in [-0.05, 0) is 252 Å². The number of rotatable bonds is 7. The van der Waals surface area contributed by atoms with Crippen LogP contribution < -0.4 is 52.4 Å². The summed E-state index contributed by atoms with van der Waals surface area (Å²) in [7, 11) is 0. The van der Waals surface area contributed by atoms with Crippen molar-refractivity contribution in [3.63, 3.8) is 0 Å². The van der Waals surface area contributed by atoms with Crippen LogP contribution in [0.1, 0.15) is 165 Å². The van der Waals surface area contributed by atoms with E-state index in [9.17, 15) is 11.0 Å². The third-order valence-corrected chi connectivity index (χ3v) is 27.7. The molecule has 0 fully saturated rings. The Labute approximate surface area is 743 Å². The third kappa shape index (κ3) is 11.1. The Kier molecular flexibility index (Phi) is 14.6. The van der Waals surface area contributed by atoms with Gasteiger partial charge in [0.1, 0.15) is 0 Å². The van der Waals surface area contributed by atoms with Crippen LogP contribution >= 0.6 is 0 Å². The van der Waals surface area contributed by atoms with Crippen molar-refractivity contribution in [3.8, 4) is 50.2 Å². The summed E-state index contributed by atoms with van der Waals surface area (Å²) in [5, 5.41) is 0.0167. The van der Waals surface area contributed by atoms with E-state index in [2.05, 4.69) is 415 Å². The van der Waals surface area contributed by atoms with Crippen LogP contribution in [0.15, 0.2) is 340 Å². The molecule has 5 nitrogen and oxygen atoms in total. The normalized spacial score (nSPS) is 15.3. The molecular formula is C117H101B2N5. The molecule has 600 valence electrons. The number of hydrogen-bond acceptors (Lipinski definition) is 4. The molecule has 0 saturated heterocycles. The number of fused-ring (bicyclic) bond motifs is 21. The fourth-order valence-electron chi connectivity index (χ4n) is 21.7. The first-order valence-electron chi connectivity index (χ1n) is 48.0. The van der Waals surface area contributed by atoms with Crippen molar-refractivity contribution in [2.45, 2.75) is 136 Å². The van der Waals surface area contributed by atoms with Gasteiger partial charge in [-0.15, -0.1) is 0 Å². The number of benzene rings is 16. The molecule has 2 aliphatic carbocycles. The Morgan fingerprint density at radius 1 is 0.250 bits per heavy atom. The molecule has 0 bridgehead atoms. The van der Waals surface area contributed by atoms with Gasteiger partial charge in [0, 0.05) is 78.9 Å². The maximum absolute atomic E-state index is 10.2. The SMILES string of the molecule is [2H]c1c([2H])c([2H])c2c(c1[2H])c1c([2H])c([2H])c([2H])c([2H])c1n2-c1cc2c3c(c1)N(c1cccc(C(C)(C)C)c1)c1cc4c(cc1B3c1ccccc1N2c1cc(C(C)(C)C)cc(C(C)(C)C)c1)B1c2ccccc2N(c2ccc(C(C)(C)C)cc2-c2ccccc2)c2cc(-c3cccc5c3C3(c6ccccc6-c6ccccc63)c3ccccc3-5)cc(c21)N4c1cccc(C(C)(C)C)c1. The van der Waals surface area contributed by atoms with E-state index in [1.807, 2.05) is 0 Å². The Morgan fingerprint density at radius 2 is 0.653 bits per heavy atom. The number of hydrogen-bond donors (Lipinski definition) is 0. The number of para-hydroxylation sites is 4. The lowest BCUT2D eigenvalue weighted by molar-refractivity contribution is 0.568. The first kappa shape index (κ1) is 67.2. The Bertz CT molecular complexity index is 7740. The molecular weight excluding hydrogens is 1500 g/mol. The van der Waals surface area contributed by atoms with Crippen molar-refractivity contribution in [2.75, 3.05) is 19.6 Å². The first-order chi connectivity index (χ1) is 63.0. The zero-order valence-corrected chi connectivity index (χ0v) is 73.1. The van der Waals surface area contributed by atoms with Gasteiger partial charge in [0.15, 0.2) is 0 Å². The van der Waals surface area contributed by atoms with Gasteiger partial charge in [-0.2, -0.15) is 0 Å². The summed E-state index contributed by atoms with van der Waals surface area (Å²) in [6, 6.07) is 107. The highest BCUT2D eigenvalue weighted by Crippen LogP contribution is 2.65. The summed E-state index contributed by atoms with van der Waals surface area (Å²) in [4.78, 5) is 10.1. The third-order valence-electron chi connectivity index (χ3n) is 27.7. The van der Waals surface area contributed by atoms with E-state index in [0.29, 0.717) is 5.69 Å². The van der Waals surface area contributed by atoms with E-state index in [0.717, 1.165) is 140 Å². The van der Waals surface area contributed by atoms with Gasteiger partial charge in [-0.25, -0.2) is 0 Å². The van der Waals surface area contributed by atoms with Crippen LogP contribution in [-0.2, 0) is 32.5 Å². The van der Waals surface area contributed by atoms with Crippen molar-refractivity contribution in [2.24, 2.45) is 0 Å². The van der Waals surface area contributed by atoms with Crippen molar-refractivity contribution in [3.05, 3.63) is 390 Å². The summed E-state index contributed by atoms with van der Waals surface area (Å²) >= 11 is 0. The second-order valence-corrected chi connectivity index (χ2v) is 40.2. The van der Waals surface area contributed by atoms with Crippen LogP contribution in [0.25, 0.3) is 72.0 Å². The topological polar surface area (TPSA) is 17.9 Å². The number of nitrogens with zero attached hydrogens (tertiary/aromatic N) is 5. The van der Waals surface area contributed by atoms with Crippen LogP contribution in [0, 0.1) is 0 Å². The van der Waals surface area contributed by atoms with Crippen molar-refractivity contribution in [1.29, 1.82) is 0 Å². The van der Waals surface area contributed by atoms with E-state index in [-0.39, 0.29) is 61.0 Å². The molecule has 16 aromatic carbocycles. The molecule has 17 aromatic rings. The highest BCUT2D eigenvalue weighted by atomic mass is 15.2. The molecule has 6 aliphatic rings. The van der Waals surface area contributed by atoms with Gasteiger partial charge >= 0.3 is 0 Å². The van der Waals surface area contributed by atoms with Gasteiger partial charge in [0.25, 0.3) is 13.4 Å². The van der Waals surface area contributed by atoms with Crippen LogP contribution in [0.3, 0.4) is 0 Å². The quantitative estimate of drug-likeness (QED) is 0.148. The molecule has 124 heavy (non-hydrogen) atoms. The molecule has 0 atom stereocenters. The summed E-state index contributed by atoms with van der Waals surface area (Å²) < 4.78 is 79.5. The molecule has 7 heteroatoms. The molecule has 0 N–H and O–H groups in total. The fourth-order valence-corrected chi connectivity index (χ4v) is 21.7. The molecule has 0 unspecified atom stereocenters. The minimum absolute atomic E-state index is 0.00833. The number of anilines is 12. The van der Waals surface area contributed by atoms with E-state index < -0.39 is 55.1 Å². The van der Waals surface area contributed by atoms with E-state index >= 15 is 0 Å². The maximum atomic E-state index is 10.2. The fraction of sp³-hybridized carbons (Fsp3) is 0.179. The minimum atomic E-state index is -0.715. The predicted molar refractivity (Wildman–Crippen MR) is 529 cm³/mol. The molecule has 1 aromatic heterocycles. The Hall–Kier alpha value is -13.4. The van der Waals surface area contributed by atoms with Crippen molar-refractivity contribution < 1.29 is 11.0 Å². The lowest BCUT2D eigenvalue weighted by atomic mass is 9.30. The number of aromatic nitrogens is 1. The average Bonchev–Trinajstić information content (AvgIpc) is 1.49. The highest BCUT2D eigenvalue weighted by Gasteiger charge is 2.55. The molecule has 0 radical (unpaired) electrons. The van der Waals surface area contributed by atoms with Crippen LogP contribution in [-0.4, -0.2) is 18.0 Å². The van der Waals surface area contributed by atoms with E-state index in [1.54, 1.807) is 4.57 Å². The smallest absolute Gasteiger partial charge is 0.252 e. The second kappa shape index (κ2) is 26.8. The molecule has 0 amide bonds. The standard InChI is InChI=1S/C117H101B2N5/c1-112(2,3)74-38-33-40-79(63-74)120-103-71-104-97(118-94-52-27-31-56-101(94)123(81-65-77(115(10,11)12)62-78(66-81)116(13,14)15)108-69-82(122-98-54-29-22-45-87(98)88-46-23-30-55-99(88)122)68-107(111(108)118)121(104)80-41-34-39-75(64-80)113(4,5)6)70-96(103)119-95-53-28-32-57-102(95)124(100-59-58-76(114(7,8)9)67-90(100)72-36-17-16-18-37-72)106-61-73(60-105(120)110(106)119)83-47-35-48-89-86-44-21-26-51-93(86)117(109(83)89)91-49-24-19-42-84(91)85-43-20-25-50-92(85)117/h16-71H,1-15H3/i22D,23D,29D,30D,45D,46D,54D,55D. The van der Waals surface area contributed by atoms with Crippen molar-refractivity contribution in [1.82, 2.24) is 4.57 Å². The molecule has 23 rings (SSSR count). The largest absolute Gasteiger partial charge is 0.311 e. The van der Waals surface area contributed by atoms with Crippen molar-refractivity contribution >= 4 is 136 Å². The zero-order valence-electron chi connectivity index (χ0n) is 81.1. The summed E-state index contributed by atoms with van der Waals surface area (Å²) in [6.45, 7) is 33.3. The Morgan fingerprint density at radius 3 is 1.17 bits per heavy atom.